The Morgan fingerprint density at radius 1 is 1.23 bits per heavy atom. The summed E-state index contributed by atoms with van der Waals surface area (Å²) in [6.07, 6.45) is 1.49. The van der Waals surface area contributed by atoms with Crippen molar-refractivity contribution >= 4 is 28.4 Å². The van der Waals surface area contributed by atoms with Gasteiger partial charge < -0.3 is 18.8 Å². The van der Waals surface area contributed by atoms with Gasteiger partial charge in [0.1, 0.15) is 11.3 Å². The zero-order valence-electron chi connectivity index (χ0n) is 17.1. The average Bonchev–Trinajstić information content (AvgIpc) is 2.73. The van der Waals surface area contributed by atoms with E-state index < -0.39 is 11.7 Å². The van der Waals surface area contributed by atoms with Crippen LogP contribution < -0.4 is 20.6 Å². The van der Waals surface area contributed by atoms with Gasteiger partial charge in [0.25, 0.3) is 0 Å². The molecular weight excluding hydrogens is 384 g/mol. The maximum atomic E-state index is 12.2. The highest BCUT2D eigenvalue weighted by Crippen LogP contribution is 2.37. The van der Waals surface area contributed by atoms with Crippen molar-refractivity contribution in [2.45, 2.75) is 26.3 Å². The Balaban J connectivity index is 1.69. The summed E-state index contributed by atoms with van der Waals surface area (Å²) in [5.41, 5.74) is 3.68. The van der Waals surface area contributed by atoms with Crippen molar-refractivity contribution in [3.05, 3.63) is 64.0 Å². The molecule has 0 bridgehead atoms. The number of hydrogen-bond acceptors (Lipinski definition) is 6. The predicted molar refractivity (Wildman–Crippen MR) is 115 cm³/mol. The largest absolute Gasteiger partial charge is 0.495 e. The van der Waals surface area contributed by atoms with E-state index in [-0.39, 0.29) is 6.61 Å². The first-order chi connectivity index (χ1) is 14.6. The van der Waals surface area contributed by atoms with Crippen LogP contribution in [0.4, 0.5) is 16.2 Å². The topological polar surface area (TPSA) is 81.0 Å². The van der Waals surface area contributed by atoms with Gasteiger partial charge in [0, 0.05) is 36.3 Å². The molecule has 0 fully saturated rings. The molecule has 1 aliphatic heterocycles. The lowest BCUT2D eigenvalue weighted by Crippen LogP contribution is -2.29. The van der Waals surface area contributed by atoms with Gasteiger partial charge in [0.05, 0.1) is 19.4 Å². The number of aryl methyl sites for hydroxylation is 1. The molecule has 1 aliphatic rings. The highest BCUT2D eigenvalue weighted by Gasteiger charge is 2.22. The number of carbonyl (C=O) groups is 1. The fraction of sp³-hybridized carbons (Fsp3) is 0.304. The Labute approximate surface area is 174 Å². The van der Waals surface area contributed by atoms with Crippen molar-refractivity contribution in [2.75, 3.05) is 30.5 Å². The van der Waals surface area contributed by atoms with E-state index in [1.165, 1.54) is 11.6 Å². The fourth-order valence-corrected chi connectivity index (χ4v) is 3.95. The number of benzene rings is 2. The van der Waals surface area contributed by atoms with Crippen LogP contribution >= 0.6 is 0 Å². The summed E-state index contributed by atoms with van der Waals surface area (Å²) in [5, 5.41) is 3.46. The maximum Gasteiger partial charge on any atom is 0.411 e. The number of rotatable bonds is 5. The number of methoxy groups -OCH3 is 1. The zero-order chi connectivity index (χ0) is 21.1. The van der Waals surface area contributed by atoms with E-state index in [4.69, 9.17) is 13.9 Å². The second-order valence-corrected chi connectivity index (χ2v) is 7.14. The van der Waals surface area contributed by atoms with Crippen molar-refractivity contribution < 1.29 is 18.7 Å². The van der Waals surface area contributed by atoms with Gasteiger partial charge in [-0.3, -0.25) is 5.32 Å². The molecule has 30 heavy (non-hydrogen) atoms. The molecule has 2 heterocycles. The number of amides is 1. The number of nitrogens with one attached hydrogen (secondary N) is 1. The van der Waals surface area contributed by atoms with E-state index in [2.05, 4.69) is 16.3 Å². The monoisotopic (exact) mass is 408 g/mol. The highest BCUT2D eigenvalue weighted by molar-refractivity contribution is 5.90. The Bertz CT molecular complexity index is 1120. The van der Waals surface area contributed by atoms with Crippen LogP contribution in [-0.2, 0) is 17.7 Å². The minimum absolute atomic E-state index is 0.277. The van der Waals surface area contributed by atoms with Gasteiger partial charge in [-0.15, -0.1) is 0 Å². The first-order valence-corrected chi connectivity index (χ1v) is 10.0. The smallest absolute Gasteiger partial charge is 0.411 e. The van der Waals surface area contributed by atoms with Crippen LogP contribution in [0.3, 0.4) is 0 Å². The summed E-state index contributed by atoms with van der Waals surface area (Å²) in [7, 11) is 1.67. The molecule has 0 aliphatic carbocycles. The minimum Gasteiger partial charge on any atom is -0.495 e. The molecule has 1 aromatic heterocycles. The quantitative estimate of drug-likeness (QED) is 0.633. The van der Waals surface area contributed by atoms with Crippen LogP contribution in [0.15, 0.2) is 51.7 Å². The third-order valence-corrected chi connectivity index (χ3v) is 5.21. The van der Waals surface area contributed by atoms with E-state index in [0.29, 0.717) is 17.8 Å². The third kappa shape index (κ3) is 3.96. The first-order valence-electron chi connectivity index (χ1n) is 10.0. The molecule has 0 atom stereocenters. The second kappa shape index (κ2) is 8.49. The van der Waals surface area contributed by atoms with Crippen molar-refractivity contribution in [3.8, 4) is 5.75 Å². The Hall–Kier alpha value is -3.48. The van der Waals surface area contributed by atoms with Crippen molar-refractivity contribution in [3.63, 3.8) is 0 Å². The normalized spacial score (nSPS) is 13.1. The van der Waals surface area contributed by atoms with Gasteiger partial charge in [-0.1, -0.05) is 12.1 Å². The molecule has 0 radical (unpaired) electrons. The van der Waals surface area contributed by atoms with Crippen LogP contribution in [0.5, 0.6) is 5.75 Å². The molecule has 1 N–H and O–H groups in total. The lowest BCUT2D eigenvalue weighted by atomic mass is 9.99. The van der Waals surface area contributed by atoms with Crippen LogP contribution in [0.1, 0.15) is 24.5 Å². The van der Waals surface area contributed by atoms with Gasteiger partial charge in [0.15, 0.2) is 0 Å². The van der Waals surface area contributed by atoms with Crippen LogP contribution in [0.2, 0.25) is 0 Å². The number of nitrogens with zero attached hydrogens (tertiary/aromatic N) is 1. The molecule has 0 saturated heterocycles. The standard InChI is InChI=1S/C23H24N2O5/c1-3-29-23(27)24-17-9-10-18-16(12-21(26)30-20(18)13-17)14-25-11-5-7-15-6-4-8-19(28-2)22(15)25/h4,6,8-10,12-13H,3,5,7,11,14H2,1-2H3,(H,24,27). The van der Waals surface area contributed by atoms with Gasteiger partial charge in [-0.25, -0.2) is 9.59 Å². The zero-order valence-corrected chi connectivity index (χ0v) is 17.1. The molecular formula is C23H24N2O5. The lowest BCUT2D eigenvalue weighted by Gasteiger charge is -2.32. The molecule has 156 valence electrons. The summed E-state index contributed by atoms with van der Waals surface area (Å²) >= 11 is 0. The summed E-state index contributed by atoms with van der Waals surface area (Å²) < 4.78 is 15.9. The average molecular weight is 408 g/mol. The summed E-state index contributed by atoms with van der Waals surface area (Å²) in [6.45, 7) is 3.44. The summed E-state index contributed by atoms with van der Waals surface area (Å²) in [4.78, 5) is 26.2. The summed E-state index contributed by atoms with van der Waals surface area (Å²) in [6, 6.07) is 12.9. The molecule has 0 unspecified atom stereocenters. The van der Waals surface area contributed by atoms with E-state index in [1.54, 1.807) is 26.2 Å². The van der Waals surface area contributed by atoms with Crippen molar-refractivity contribution in [1.82, 2.24) is 0 Å². The van der Waals surface area contributed by atoms with Crippen LogP contribution in [0, 0.1) is 0 Å². The Kier molecular flexibility index (Phi) is 5.61. The molecule has 0 saturated carbocycles. The second-order valence-electron chi connectivity index (χ2n) is 7.14. The maximum absolute atomic E-state index is 12.2. The fourth-order valence-electron chi connectivity index (χ4n) is 3.95. The first kappa shape index (κ1) is 19.8. The van der Waals surface area contributed by atoms with Gasteiger partial charge >= 0.3 is 11.7 Å². The molecule has 3 aromatic rings. The molecule has 7 heteroatoms. The van der Waals surface area contributed by atoms with Crippen LogP contribution in [0.25, 0.3) is 11.0 Å². The molecule has 4 rings (SSSR count). The lowest BCUT2D eigenvalue weighted by molar-refractivity contribution is 0.168. The minimum atomic E-state index is -0.549. The SMILES string of the molecule is CCOC(=O)Nc1ccc2c(CN3CCCc4cccc(OC)c43)cc(=O)oc2c1. The van der Waals surface area contributed by atoms with Crippen LogP contribution in [-0.4, -0.2) is 26.4 Å². The van der Waals surface area contributed by atoms with E-state index in [9.17, 15) is 9.59 Å². The molecule has 2 aromatic carbocycles. The number of carbonyl (C=O) groups excluding carboxylic acids is 1. The van der Waals surface area contributed by atoms with E-state index >= 15 is 0 Å². The molecule has 7 nitrogen and oxygen atoms in total. The number of fused-ring (bicyclic) bond motifs is 2. The number of para-hydroxylation sites is 1. The van der Waals surface area contributed by atoms with Gasteiger partial charge in [-0.05, 0) is 49.1 Å². The van der Waals surface area contributed by atoms with Gasteiger partial charge in [-0.2, -0.15) is 0 Å². The number of hydrogen-bond donors (Lipinski definition) is 1. The summed E-state index contributed by atoms with van der Waals surface area (Å²) in [5.74, 6) is 0.834. The molecule has 0 spiro atoms. The van der Waals surface area contributed by atoms with E-state index in [0.717, 1.165) is 41.8 Å². The predicted octanol–water partition coefficient (Wildman–Crippen LogP) is 4.32. The number of ether oxygens (including phenoxy) is 2. The third-order valence-electron chi connectivity index (χ3n) is 5.21. The van der Waals surface area contributed by atoms with Crippen molar-refractivity contribution in [1.29, 1.82) is 0 Å². The highest BCUT2D eigenvalue weighted by atomic mass is 16.5. The van der Waals surface area contributed by atoms with Gasteiger partial charge in [0.2, 0.25) is 0 Å². The van der Waals surface area contributed by atoms with E-state index in [1.807, 2.05) is 18.2 Å². The Morgan fingerprint density at radius 3 is 2.90 bits per heavy atom. The number of anilines is 2. The molecule has 1 amide bonds. The Morgan fingerprint density at radius 2 is 2.10 bits per heavy atom. The van der Waals surface area contributed by atoms with Crippen molar-refractivity contribution in [2.24, 2.45) is 0 Å².